The molecule has 2 aromatic rings. The Bertz CT molecular complexity index is 1200. The maximum Gasteiger partial charge on any atom is 0.328 e. The van der Waals surface area contributed by atoms with Crippen LogP contribution < -0.4 is 5.32 Å². The molecule has 9 heteroatoms. The third-order valence-corrected chi connectivity index (χ3v) is 9.65. The number of likely N-dealkylation sites (N-methyl/N-ethyl adjacent to an activating group) is 1. The molecule has 41 heavy (non-hydrogen) atoms. The summed E-state index contributed by atoms with van der Waals surface area (Å²) in [5.41, 5.74) is 2.83. The minimum atomic E-state index is -0.738. The van der Waals surface area contributed by atoms with Gasteiger partial charge in [-0.1, -0.05) is 30.4 Å². The number of thioether (sulfide) groups is 2. The summed E-state index contributed by atoms with van der Waals surface area (Å²) in [6.07, 6.45) is 11.5. The fraction of sp³-hybridized carbons (Fsp3) is 0.500. The quantitative estimate of drug-likeness (QED) is 0.346. The lowest BCUT2D eigenvalue weighted by Gasteiger charge is -2.30. The smallest absolute Gasteiger partial charge is 0.328 e. The summed E-state index contributed by atoms with van der Waals surface area (Å²) in [4.78, 5) is 31.4. The van der Waals surface area contributed by atoms with E-state index < -0.39 is 6.04 Å². The van der Waals surface area contributed by atoms with Crippen molar-refractivity contribution in [3.8, 4) is 11.1 Å². The molecule has 3 unspecified atom stereocenters. The Morgan fingerprint density at radius 2 is 1.85 bits per heavy atom. The molecule has 6 nitrogen and oxygen atoms in total. The van der Waals surface area contributed by atoms with Crippen LogP contribution in [0.3, 0.4) is 0 Å². The van der Waals surface area contributed by atoms with E-state index in [4.69, 9.17) is 4.74 Å². The summed E-state index contributed by atoms with van der Waals surface area (Å²) in [5.74, 6) is -0.342. The van der Waals surface area contributed by atoms with Crippen LogP contribution in [-0.4, -0.2) is 97.1 Å². The van der Waals surface area contributed by atoms with Crippen LogP contribution in [0, 0.1) is 5.82 Å². The topological polar surface area (TPSA) is 61.9 Å². The Kier molecular flexibility index (Phi) is 11.7. The summed E-state index contributed by atoms with van der Waals surface area (Å²) in [6, 6.07) is 11.5. The van der Waals surface area contributed by atoms with Gasteiger partial charge in [0.2, 0.25) is 0 Å². The zero-order valence-electron chi connectivity index (χ0n) is 24.5. The highest BCUT2D eigenvalue weighted by Gasteiger charge is 2.29. The Labute approximate surface area is 252 Å². The highest BCUT2D eigenvalue weighted by molar-refractivity contribution is 7.99. The third-order valence-electron chi connectivity index (χ3n) is 8.00. The maximum absolute atomic E-state index is 13.8. The van der Waals surface area contributed by atoms with Crippen molar-refractivity contribution in [3.05, 3.63) is 65.5 Å². The van der Waals surface area contributed by atoms with Gasteiger partial charge in [0.1, 0.15) is 18.0 Å². The van der Waals surface area contributed by atoms with Crippen molar-refractivity contribution < 1.29 is 18.7 Å². The third kappa shape index (κ3) is 8.83. The Balaban J connectivity index is 1.55. The fourth-order valence-corrected chi connectivity index (χ4v) is 6.65. The van der Waals surface area contributed by atoms with Crippen molar-refractivity contribution in [2.24, 2.45) is 0 Å². The molecule has 0 bridgehead atoms. The molecule has 1 N–H and O–H groups in total. The lowest BCUT2D eigenvalue weighted by molar-refractivity contribution is -0.153. The maximum atomic E-state index is 13.8. The summed E-state index contributed by atoms with van der Waals surface area (Å²) in [6.45, 7) is 2.83. The number of halogens is 1. The number of carbonyl (C=O) groups is 2. The Morgan fingerprint density at radius 3 is 2.51 bits per heavy atom. The predicted octanol–water partition coefficient (Wildman–Crippen LogP) is 5.43. The van der Waals surface area contributed by atoms with Crippen molar-refractivity contribution in [1.82, 2.24) is 15.1 Å². The first-order chi connectivity index (χ1) is 19.8. The number of likely N-dealkylation sites (tertiary alicyclic amines) is 2. The minimum absolute atomic E-state index is 0.127. The molecule has 1 amide bonds. The van der Waals surface area contributed by atoms with E-state index in [9.17, 15) is 14.0 Å². The van der Waals surface area contributed by atoms with Crippen LogP contribution in [0.25, 0.3) is 17.2 Å². The predicted molar refractivity (Wildman–Crippen MR) is 170 cm³/mol. The van der Waals surface area contributed by atoms with E-state index in [0.29, 0.717) is 28.8 Å². The van der Waals surface area contributed by atoms with Crippen molar-refractivity contribution in [2.45, 2.75) is 49.1 Å². The summed E-state index contributed by atoms with van der Waals surface area (Å²) in [5, 5.41) is 3.59. The van der Waals surface area contributed by atoms with Crippen LogP contribution >= 0.6 is 23.5 Å². The lowest BCUT2D eigenvalue weighted by atomic mass is 9.96. The van der Waals surface area contributed by atoms with Crippen molar-refractivity contribution in [3.63, 3.8) is 0 Å². The number of hydrogen-bond acceptors (Lipinski definition) is 7. The number of hydrogen-bond donors (Lipinski definition) is 1. The molecule has 2 heterocycles. The normalized spacial score (nSPS) is 21.3. The lowest BCUT2D eigenvalue weighted by Crippen LogP contribution is -2.45. The number of esters is 1. The first-order valence-electron chi connectivity index (χ1n) is 14.3. The highest BCUT2D eigenvalue weighted by Crippen LogP contribution is 2.29. The zero-order chi connectivity index (χ0) is 29.4. The summed E-state index contributed by atoms with van der Waals surface area (Å²) < 4.78 is 19.6. The molecule has 2 aliphatic heterocycles. The van der Waals surface area contributed by atoms with Crippen LogP contribution in [-0.2, 0) is 9.53 Å². The largest absolute Gasteiger partial charge is 0.461 e. The van der Waals surface area contributed by atoms with Gasteiger partial charge < -0.3 is 15.0 Å². The van der Waals surface area contributed by atoms with Gasteiger partial charge in [0.05, 0.1) is 0 Å². The second kappa shape index (κ2) is 15.2. The van der Waals surface area contributed by atoms with Crippen LogP contribution in [0.2, 0.25) is 0 Å². The van der Waals surface area contributed by atoms with Gasteiger partial charge in [-0.15, -0.1) is 0 Å². The molecule has 0 spiro atoms. The van der Waals surface area contributed by atoms with Crippen LogP contribution in [0.15, 0.2) is 48.5 Å². The number of amides is 1. The molecule has 0 saturated carbocycles. The van der Waals surface area contributed by atoms with Gasteiger partial charge >= 0.3 is 5.97 Å². The molecule has 222 valence electrons. The molecule has 0 radical (unpaired) electrons. The summed E-state index contributed by atoms with van der Waals surface area (Å²) >= 11 is 3.53. The molecule has 0 aliphatic carbocycles. The van der Waals surface area contributed by atoms with Gasteiger partial charge in [-0.2, -0.15) is 23.5 Å². The van der Waals surface area contributed by atoms with E-state index in [-0.39, 0.29) is 23.8 Å². The first-order valence-corrected chi connectivity index (χ1v) is 17.0. The van der Waals surface area contributed by atoms with E-state index in [1.807, 2.05) is 30.2 Å². The van der Waals surface area contributed by atoms with Crippen molar-refractivity contribution >= 4 is 41.5 Å². The van der Waals surface area contributed by atoms with Gasteiger partial charge in [-0.25, -0.2) is 9.18 Å². The average molecular weight is 600 g/mol. The average Bonchev–Trinajstić information content (AvgIpc) is 3.34. The molecule has 2 aliphatic rings. The van der Waals surface area contributed by atoms with E-state index >= 15 is 0 Å². The number of piperidine rings is 1. The van der Waals surface area contributed by atoms with Gasteiger partial charge in [0.25, 0.3) is 5.91 Å². The van der Waals surface area contributed by atoms with Crippen LogP contribution in [0.1, 0.15) is 41.6 Å². The molecule has 2 aromatic carbocycles. The van der Waals surface area contributed by atoms with E-state index in [2.05, 4.69) is 47.6 Å². The zero-order valence-corrected chi connectivity index (χ0v) is 26.1. The van der Waals surface area contributed by atoms with Crippen molar-refractivity contribution in [2.75, 3.05) is 52.0 Å². The number of nitrogens with one attached hydrogen (secondary N) is 1. The number of carbonyl (C=O) groups excluding carboxylic acids is 2. The number of ether oxygens (including phenoxy) is 1. The fourth-order valence-electron chi connectivity index (χ4n) is 5.40. The molecule has 2 saturated heterocycles. The van der Waals surface area contributed by atoms with E-state index in [0.717, 1.165) is 55.8 Å². The minimum Gasteiger partial charge on any atom is -0.461 e. The summed E-state index contributed by atoms with van der Waals surface area (Å²) in [7, 11) is 4.21. The molecule has 3 atom stereocenters. The highest BCUT2D eigenvalue weighted by atomic mass is 32.2. The van der Waals surface area contributed by atoms with Crippen LogP contribution in [0.5, 0.6) is 0 Å². The van der Waals surface area contributed by atoms with Gasteiger partial charge in [-0.05, 0) is 99.0 Å². The molecular formula is C32H42FN3O3S2. The molecule has 4 rings (SSSR count). The van der Waals surface area contributed by atoms with Gasteiger partial charge in [-0.3, -0.25) is 9.69 Å². The first kappa shape index (κ1) is 31.6. The molecule has 2 fully saturated rings. The SMILES string of the molecule is CSCCC(NC(=O)c1ccc(/C=C/C2CC(SC)CN2C)cc1-c1ccc(F)cc1)C(=O)OC1CCN(C)CC1. The Morgan fingerprint density at radius 1 is 1.12 bits per heavy atom. The second-order valence-electron chi connectivity index (χ2n) is 11.0. The van der Waals surface area contributed by atoms with Crippen LogP contribution in [0.4, 0.5) is 4.39 Å². The van der Waals surface area contributed by atoms with E-state index in [1.54, 1.807) is 30.0 Å². The number of benzene rings is 2. The second-order valence-corrected chi connectivity index (χ2v) is 13.1. The number of nitrogens with zero attached hydrogens (tertiary/aromatic N) is 2. The van der Waals surface area contributed by atoms with E-state index in [1.165, 1.54) is 12.1 Å². The standard InChI is InChI=1S/C32H42FN3O3S2/c1-35-16-13-26(14-17-35)39-32(38)30(15-18-40-3)34-31(37)28-12-6-22(5-11-25-20-27(41-4)21-36(25)2)19-29(28)23-7-9-24(33)10-8-23/h5-12,19,25-27,30H,13-18,20-21H2,1-4H3,(H,34,37)/b11-5+. The van der Waals surface area contributed by atoms with Gasteiger partial charge in [0.15, 0.2) is 0 Å². The van der Waals surface area contributed by atoms with Crippen molar-refractivity contribution in [1.29, 1.82) is 0 Å². The number of rotatable bonds is 11. The molecule has 0 aromatic heterocycles. The monoisotopic (exact) mass is 599 g/mol. The van der Waals surface area contributed by atoms with Gasteiger partial charge in [0, 0.05) is 36.5 Å². The Hall–Kier alpha value is -2.33. The molecular weight excluding hydrogens is 558 g/mol.